The minimum absolute atomic E-state index is 0.00715. The molecule has 128 valence electrons. The number of hydrogen-bond donors (Lipinski definition) is 0. The second kappa shape index (κ2) is 7.31. The molecular weight excluding hydrogens is 302 g/mol. The molecule has 0 unspecified atom stereocenters. The molecule has 0 N–H and O–H groups in total. The van der Waals surface area contributed by atoms with Crippen LogP contribution in [0.1, 0.15) is 37.8 Å². The van der Waals surface area contributed by atoms with E-state index >= 15 is 0 Å². The molecule has 1 fully saturated rings. The second-order valence-electron chi connectivity index (χ2n) is 6.72. The summed E-state index contributed by atoms with van der Waals surface area (Å²) in [5, 5.41) is 0. The third kappa shape index (κ3) is 3.16. The van der Waals surface area contributed by atoms with E-state index in [9.17, 15) is 9.59 Å². The van der Waals surface area contributed by atoms with Crippen LogP contribution in [0.25, 0.3) is 0 Å². The van der Waals surface area contributed by atoms with Crippen LogP contribution in [0.5, 0.6) is 0 Å². The van der Waals surface area contributed by atoms with Crippen LogP contribution in [0.15, 0.2) is 42.0 Å². The maximum absolute atomic E-state index is 12.6. The number of methoxy groups -OCH3 is 1. The lowest BCUT2D eigenvalue weighted by Gasteiger charge is -2.26. The van der Waals surface area contributed by atoms with E-state index < -0.39 is 6.04 Å². The van der Waals surface area contributed by atoms with Crippen molar-refractivity contribution in [3.8, 4) is 0 Å². The highest BCUT2D eigenvalue weighted by atomic mass is 16.5. The molecule has 1 aliphatic heterocycles. The first-order valence-electron chi connectivity index (χ1n) is 8.77. The molecule has 0 spiro atoms. The predicted octanol–water partition coefficient (Wildman–Crippen LogP) is 3.15. The number of fused-ring (bicyclic) bond motifs is 1. The Labute approximate surface area is 143 Å². The Kier molecular flexibility index (Phi) is 5.14. The highest BCUT2D eigenvalue weighted by molar-refractivity contribution is 6.00. The monoisotopic (exact) mass is 327 g/mol. The van der Waals surface area contributed by atoms with Crippen LogP contribution in [0.2, 0.25) is 0 Å². The van der Waals surface area contributed by atoms with Crippen molar-refractivity contribution in [3.05, 3.63) is 47.5 Å². The van der Waals surface area contributed by atoms with Gasteiger partial charge in [0.25, 0.3) is 0 Å². The first kappa shape index (κ1) is 16.9. The van der Waals surface area contributed by atoms with E-state index in [0.717, 1.165) is 36.9 Å². The van der Waals surface area contributed by atoms with Crippen LogP contribution in [0.3, 0.4) is 0 Å². The molecule has 1 aromatic carbocycles. The number of ketones is 1. The van der Waals surface area contributed by atoms with Crippen LogP contribution in [0.4, 0.5) is 0 Å². The molecule has 1 saturated heterocycles. The van der Waals surface area contributed by atoms with Gasteiger partial charge in [0.2, 0.25) is 0 Å². The number of carbonyl (C=O) groups excluding carboxylic acids is 2. The summed E-state index contributed by atoms with van der Waals surface area (Å²) in [5.74, 6) is 0.268. The number of likely N-dealkylation sites (tertiary alicyclic amines) is 1. The van der Waals surface area contributed by atoms with Crippen molar-refractivity contribution in [2.75, 3.05) is 20.2 Å². The van der Waals surface area contributed by atoms with E-state index in [2.05, 4.69) is 17.9 Å². The van der Waals surface area contributed by atoms with Crippen molar-refractivity contribution in [1.82, 2.24) is 4.90 Å². The van der Waals surface area contributed by atoms with E-state index in [1.54, 1.807) is 0 Å². The average Bonchev–Trinajstić information content (AvgIpc) is 3.13. The number of ether oxygens (including phenoxy) is 1. The standard InChI is InChI=1S/C20H25NO3/c1-3-4-8-15-11-16-12-21(13-17(16)19(15)22)18(20(23)24-2)14-9-6-5-7-10-14/h5-7,9-11,16-18H,3-4,8,12-13H2,1-2H3/t16-,17+,18-/m1/s1. The Bertz CT molecular complexity index is 638. The fourth-order valence-corrected chi connectivity index (χ4v) is 3.91. The Morgan fingerprint density at radius 1 is 1.29 bits per heavy atom. The van der Waals surface area contributed by atoms with Crippen LogP contribution < -0.4 is 0 Å². The van der Waals surface area contributed by atoms with Crippen LogP contribution >= 0.6 is 0 Å². The number of nitrogens with zero attached hydrogens (tertiary/aromatic N) is 1. The summed E-state index contributed by atoms with van der Waals surface area (Å²) >= 11 is 0. The zero-order chi connectivity index (χ0) is 17.1. The van der Waals surface area contributed by atoms with Gasteiger partial charge >= 0.3 is 5.97 Å². The third-order valence-corrected chi connectivity index (χ3v) is 5.17. The zero-order valence-electron chi connectivity index (χ0n) is 14.4. The van der Waals surface area contributed by atoms with Crippen molar-refractivity contribution in [2.45, 2.75) is 32.2 Å². The van der Waals surface area contributed by atoms with Gasteiger partial charge in [-0.2, -0.15) is 0 Å². The van der Waals surface area contributed by atoms with Gasteiger partial charge in [-0.05, 0) is 24.0 Å². The summed E-state index contributed by atoms with van der Waals surface area (Å²) in [6, 6.07) is 9.25. The Balaban J connectivity index is 1.78. The Hall–Kier alpha value is -1.94. The molecule has 24 heavy (non-hydrogen) atoms. The number of esters is 1. The predicted molar refractivity (Wildman–Crippen MR) is 92.4 cm³/mol. The van der Waals surface area contributed by atoms with E-state index in [0.29, 0.717) is 6.54 Å². The second-order valence-corrected chi connectivity index (χ2v) is 6.72. The zero-order valence-corrected chi connectivity index (χ0v) is 14.4. The topological polar surface area (TPSA) is 46.6 Å². The summed E-state index contributed by atoms with van der Waals surface area (Å²) in [6.45, 7) is 3.51. The third-order valence-electron chi connectivity index (χ3n) is 5.17. The maximum atomic E-state index is 12.6. The van der Waals surface area contributed by atoms with Crippen molar-refractivity contribution < 1.29 is 14.3 Å². The summed E-state index contributed by atoms with van der Waals surface area (Å²) in [6.07, 6.45) is 5.21. The van der Waals surface area contributed by atoms with Crippen molar-refractivity contribution in [2.24, 2.45) is 11.8 Å². The van der Waals surface area contributed by atoms with E-state index in [1.165, 1.54) is 7.11 Å². The first-order chi connectivity index (χ1) is 11.7. The summed E-state index contributed by atoms with van der Waals surface area (Å²) in [5.41, 5.74) is 1.92. The fraction of sp³-hybridized carbons (Fsp3) is 0.500. The van der Waals surface area contributed by atoms with Crippen LogP contribution in [0, 0.1) is 11.8 Å². The van der Waals surface area contributed by atoms with Gasteiger partial charge < -0.3 is 4.74 Å². The number of benzene rings is 1. The van der Waals surface area contributed by atoms with Crippen molar-refractivity contribution in [1.29, 1.82) is 0 Å². The molecule has 0 amide bonds. The number of unbranched alkanes of at least 4 members (excludes halogenated alkanes) is 1. The highest BCUT2D eigenvalue weighted by Gasteiger charge is 2.45. The van der Waals surface area contributed by atoms with Crippen LogP contribution in [-0.4, -0.2) is 36.9 Å². The van der Waals surface area contributed by atoms with Gasteiger partial charge in [0.15, 0.2) is 5.78 Å². The molecule has 1 aromatic rings. The molecule has 4 nitrogen and oxygen atoms in total. The summed E-state index contributed by atoms with van der Waals surface area (Å²) in [7, 11) is 1.42. The molecule has 1 aliphatic carbocycles. The van der Waals surface area contributed by atoms with Gasteiger partial charge in [0, 0.05) is 24.9 Å². The van der Waals surface area contributed by atoms with E-state index in [-0.39, 0.29) is 23.6 Å². The molecule has 4 heteroatoms. The van der Waals surface area contributed by atoms with Gasteiger partial charge in [0.05, 0.1) is 7.11 Å². The summed E-state index contributed by atoms with van der Waals surface area (Å²) in [4.78, 5) is 27.1. The van der Waals surface area contributed by atoms with Crippen molar-refractivity contribution >= 4 is 11.8 Å². The van der Waals surface area contributed by atoms with E-state index in [1.807, 2.05) is 30.3 Å². The highest BCUT2D eigenvalue weighted by Crippen LogP contribution is 2.39. The number of allylic oxidation sites excluding steroid dienone is 1. The lowest BCUT2D eigenvalue weighted by atomic mass is 9.97. The SMILES string of the molecule is CCCCC1=C[C@@H]2CN([C@@H](C(=O)OC)c3ccccc3)C[C@@H]2C1=O. The Morgan fingerprint density at radius 3 is 2.67 bits per heavy atom. The Morgan fingerprint density at radius 2 is 2.04 bits per heavy atom. The minimum Gasteiger partial charge on any atom is -0.468 e. The summed E-state index contributed by atoms with van der Waals surface area (Å²) < 4.78 is 5.02. The fourth-order valence-electron chi connectivity index (χ4n) is 3.91. The van der Waals surface area contributed by atoms with Gasteiger partial charge in [-0.3, -0.25) is 9.69 Å². The van der Waals surface area contributed by atoms with Crippen molar-refractivity contribution in [3.63, 3.8) is 0 Å². The van der Waals surface area contributed by atoms with Gasteiger partial charge in [-0.1, -0.05) is 49.8 Å². The molecular formula is C20H25NO3. The number of Topliss-reactive ketones (excluding diaryl/α,β-unsaturated/α-hetero) is 1. The maximum Gasteiger partial charge on any atom is 0.327 e. The molecule has 2 aliphatic rings. The molecule has 0 radical (unpaired) electrons. The minimum atomic E-state index is -0.429. The van der Waals surface area contributed by atoms with Gasteiger partial charge in [-0.25, -0.2) is 4.79 Å². The molecule has 3 rings (SSSR count). The first-order valence-corrected chi connectivity index (χ1v) is 8.77. The number of hydrogen-bond acceptors (Lipinski definition) is 4. The van der Waals surface area contributed by atoms with Gasteiger partial charge in [-0.15, -0.1) is 0 Å². The molecule has 0 saturated carbocycles. The molecule has 1 heterocycles. The normalized spacial score (nSPS) is 24.6. The van der Waals surface area contributed by atoms with Gasteiger partial charge in [0.1, 0.15) is 6.04 Å². The smallest absolute Gasteiger partial charge is 0.327 e. The quantitative estimate of drug-likeness (QED) is 0.753. The van der Waals surface area contributed by atoms with E-state index in [4.69, 9.17) is 4.74 Å². The molecule has 0 aromatic heterocycles. The molecule has 0 bridgehead atoms. The average molecular weight is 327 g/mol. The molecule has 3 atom stereocenters. The number of carbonyl (C=O) groups is 2. The largest absolute Gasteiger partial charge is 0.468 e. The lowest BCUT2D eigenvalue weighted by Crippen LogP contribution is -2.34. The lowest BCUT2D eigenvalue weighted by molar-refractivity contribution is -0.147. The number of rotatable bonds is 6. The van der Waals surface area contributed by atoms with Crippen LogP contribution in [-0.2, 0) is 14.3 Å².